The van der Waals surface area contributed by atoms with E-state index in [0.717, 1.165) is 5.16 Å². The van der Waals surface area contributed by atoms with Crippen molar-refractivity contribution in [3.8, 4) is 11.5 Å². The van der Waals surface area contributed by atoms with Gasteiger partial charge in [-0.05, 0) is 38.3 Å². The number of fused-ring (bicyclic) bond motifs is 1. The van der Waals surface area contributed by atoms with E-state index in [1.807, 2.05) is 23.0 Å². The summed E-state index contributed by atoms with van der Waals surface area (Å²) in [6.45, 7) is 4.23. The van der Waals surface area contributed by atoms with Crippen LogP contribution in [0.3, 0.4) is 0 Å². The Labute approximate surface area is 199 Å². The van der Waals surface area contributed by atoms with Gasteiger partial charge in [0.2, 0.25) is 0 Å². The van der Waals surface area contributed by atoms with Crippen LogP contribution in [0.5, 0.6) is 0 Å². The van der Waals surface area contributed by atoms with Gasteiger partial charge in [-0.1, -0.05) is 29.4 Å². The molecule has 1 N–H and O–H groups in total. The van der Waals surface area contributed by atoms with Gasteiger partial charge in [0.05, 0.1) is 12.2 Å². The lowest BCUT2D eigenvalue weighted by molar-refractivity contribution is 0.0996. The van der Waals surface area contributed by atoms with Crippen LogP contribution in [0.25, 0.3) is 11.5 Å². The molecule has 3 aromatic heterocycles. The molecule has 0 atom stereocenters. The second-order valence-electron chi connectivity index (χ2n) is 7.49. The molecule has 0 aromatic carbocycles. The van der Waals surface area contributed by atoms with Crippen molar-refractivity contribution in [3.63, 3.8) is 0 Å². The van der Waals surface area contributed by atoms with E-state index in [0.29, 0.717) is 34.2 Å². The van der Waals surface area contributed by atoms with Crippen LogP contribution in [0.4, 0.5) is 10.6 Å². The molecule has 2 amide bonds. The highest BCUT2D eigenvalue weighted by atomic mass is 35.5. The number of halogens is 1. The Hall–Kier alpha value is -3.18. The van der Waals surface area contributed by atoms with E-state index in [-0.39, 0.29) is 30.3 Å². The SMILES string of the molecule is CNC(=O)OCc1nc(Cl)cc2c1CN(c1cccc(-c3nnc(SC)n3C(C)C)n1)C2=O. The number of carbonyl (C=O) groups excluding carboxylic acids is 2. The van der Waals surface area contributed by atoms with Crippen molar-refractivity contribution < 1.29 is 14.3 Å². The van der Waals surface area contributed by atoms with Gasteiger partial charge in [-0.15, -0.1) is 10.2 Å². The number of pyridine rings is 2. The molecule has 0 unspecified atom stereocenters. The first-order valence-electron chi connectivity index (χ1n) is 10.1. The van der Waals surface area contributed by atoms with Crippen LogP contribution in [-0.4, -0.2) is 50.0 Å². The number of nitrogens with one attached hydrogen (secondary N) is 1. The first-order chi connectivity index (χ1) is 15.8. The van der Waals surface area contributed by atoms with Gasteiger partial charge in [0.1, 0.15) is 23.3 Å². The Bertz CT molecular complexity index is 1230. The lowest BCUT2D eigenvalue weighted by atomic mass is 10.1. The van der Waals surface area contributed by atoms with E-state index < -0.39 is 6.09 Å². The van der Waals surface area contributed by atoms with E-state index in [9.17, 15) is 9.59 Å². The Morgan fingerprint density at radius 2 is 2.09 bits per heavy atom. The second kappa shape index (κ2) is 9.36. The maximum Gasteiger partial charge on any atom is 0.407 e. The number of carbonyl (C=O) groups is 2. The average Bonchev–Trinajstić information content (AvgIpc) is 3.39. The van der Waals surface area contributed by atoms with E-state index in [1.165, 1.54) is 24.9 Å². The first kappa shape index (κ1) is 23.0. The molecule has 4 rings (SSSR count). The highest BCUT2D eigenvalue weighted by molar-refractivity contribution is 7.98. The molecule has 0 bridgehead atoms. The maximum absolute atomic E-state index is 13.2. The zero-order valence-electron chi connectivity index (χ0n) is 18.5. The van der Waals surface area contributed by atoms with Gasteiger partial charge in [-0.25, -0.2) is 14.8 Å². The summed E-state index contributed by atoms with van der Waals surface area (Å²) in [6, 6.07) is 7.08. The summed E-state index contributed by atoms with van der Waals surface area (Å²) in [5.41, 5.74) is 2.10. The molecule has 3 aromatic rings. The summed E-state index contributed by atoms with van der Waals surface area (Å²) in [7, 11) is 1.46. The normalized spacial score (nSPS) is 12.9. The van der Waals surface area contributed by atoms with Gasteiger partial charge in [-0.3, -0.25) is 14.3 Å². The van der Waals surface area contributed by atoms with E-state index in [1.54, 1.807) is 11.0 Å². The van der Waals surface area contributed by atoms with Crippen LogP contribution in [0.15, 0.2) is 29.4 Å². The van der Waals surface area contributed by atoms with E-state index >= 15 is 0 Å². The predicted molar refractivity (Wildman–Crippen MR) is 124 cm³/mol. The third-order valence-electron chi connectivity index (χ3n) is 5.12. The number of nitrogens with zero attached hydrogens (tertiary/aromatic N) is 6. The van der Waals surface area contributed by atoms with Crippen molar-refractivity contribution in [2.45, 2.75) is 38.2 Å². The Balaban J connectivity index is 1.68. The lowest BCUT2D eigenvalue weighted by Gasteiger charge is -2.17. The molecule has 172 valence electrons. The predicted octanol–water partition coefficient (Wildman–Crippen LogP) is 3.71. The smallest absolute Gasteiger partial charge is 0.407 e. The number of ether oxygens (including phenoxy) is 1. The van der Waals surface area contributed by atoms with Gasteiger partial charge >= 0.3 is 6.09 Å². The fourth-order valence-corrected chi connectivity index (χ4v) is 4.43. The largest absolute Gasteiger partial charge is 0.443 e. The monoisotopic (exact) mass is 487 g/mol. The first-order valence-corrected chi connectivity index (χ1v) is 11.7. The van der Waals surface area contributed by atoms with Crippen LogP contribution >= 0.6 is 23.4 Å². The van der Waals surface area contributed by atoms with Crippen LogP contribution in [0.2, 0.25) is 5.15 Å². The number of hydrogen-bond acceptors (Lipinski definition) is 8. The summed E-state index contributed by atoms with van der Waals surface area (Å²) >= 11 is 7.64. The van der Waals surface area contributed by atoms with Gasteiger partial charge in [0, 0.05) is 24.2 Å². The molecule has 1 aliphatic heterocycles. The minimum atomic E-state index is -0.597. The van der Waals surface area contributed by atoms with E-state index in [2.05, 4.69) is 34.3 Å². The fourth-order valence-electron chi connectivity index (χ4n) is 3.60. The highest BCUT2D eigenvalue weighted by Gasteiger charge is 2.33. The lowest BCUT2D eigenvalue weighted by Crippen LogP contribution is -2.24. The molecule has 0 fully saturated rings. The summed E-state index contributed by atoms with van der Waals surface area (Å²) in [4.78, 5) is 35.2. The molecule has 0 spiro atoms. The Kier molecular flexibility index (Phi) is 6.52. The average molecular weight is 488 g/mol. The Morgan fingerprint density at radius 1 is 1.30 bits per heavy atom. The maximum atomic E-state index is 13.2. The van der Waals surface area contributed by atoms with Crippen LogP contribution in [0.1, 0.15) is 41.5 Å². The van der Waals surface area contributed by atoms with Crippen molar-refractivity contribution >= 4 is 41.2 Å². The summed E-state index contributed by atoms with van der Waals surface area (Å²) in [6.07, 6.45) is 1.35. The molecule has 12 heteroatoms. The number of hydrogen-bond donors (Lipinski definition) is 1. The van der Waals surface area contributed by atoms with E-state index in [4.69, 9.17) is 21.3 Å². The number of alkyl carbamates (subject to hydrolysis) is 1. The van der Waals surface area contributed by atoms with Crippen molar-refractivity contribution in [2.24, 2.45) is 0 Å². The standard InChI is InChI=1S/C21H22ClN7O3S/c1-11(2)29-18(26-27-20(29)33-4)14-6-5-7-17(25-14)28-9-13-12(19(28)30)8-16(22)24-15(13)10-32-21(31)23-3/h5-8,11H,9-10H2,1-4H3,(H,23,31). The van der Waals surface area contributed by atoms with Crippen molar-refractivity contribution in [1.82, 2.24) is 30.0 Å². The number of amides is 2. The summed E-state index contributed by atoms with van der Waals surface area (Å²) in [5.74, 6) is 0.840. The molecule has 10 nitrogen and oxygen atoms in total. The minimum Gasteiger partial charge on any atom is -0.443 e. The third-order valence-corrected chi connectivity index (χ3v) is 5.96. The van der Waals surface area contributed by atoms with Crippen molar-refractivity contribution in [1.29, 1.82) is 0 Å². The number of aromatic nitrogens is 5. The molecule has 0 radical (unpaired) electrons. The van der Waals surface area contributed by atoms with Crippen LogP contribution < -0.4 is 10.2 Å². The van der Waals surface area contributed by atoms with Crippen molar-refractivity contribution in [3.05, 3.63) is 46.2 Å². The molecule has 0 saturated heterocycles. The molecule has 1 aliphatic rings. The summed E-state index contributed by atoms with van der Waals surface area (Å²) in [5, 5.41) is 11.9. The molecule has 0 aliphatic carbocycles. The zero-order valence-corrected chi connectivity index (χ0v) is 20.1. The van der Waals surface area contributed by atoms with Gasteiger partial charge in [0.15, 0.2) is 11.0 Å². The second-order valence-corrected chi connectivity index (χ2v) is 8.65. The molecule has 4 heterocycles. The molecule has 33 heavy (non-hydrogen) atoms. The zero-order chi connectivity index (χ0) is 23.7. The summed E-state index contributed by atoms with van der Waals surface area (Å²) < 4.78 is 7.13. The Morgan fingerprint density at radius 3 is 2.79 bits per heavy atom. The van der Waals surface area contributed by atoms with Gasteiger partial charge in [-0.2, -0.15) is 0 Å². The number of anilines is 1. The highest BCUT2D eigenvalue weighted by Crippen LogP contribution is 2.32. The number of thioether (sulfide) groups is 1. The third kappa shape index (κ3) is 4.38. The van der Waals surface area contributed by atoms with Crippen LogP contribution in [0, 0.1) is 0 Å². The van der Waals surface area contributed by atoms with Crippen molar-refractivity contribution in [2.75, 3.05) is 18.2 Å². The molecular weight excluding hydrogens is 466 g/mol. The quantitative estimate of drug-likeness (QED) is 0.413. The van der Waals surface area contributed by atoms with Gasteiger partial charge < -0.3 is 10.1 Å². The topological polar surface area (TPSA) is 115 Å². The minimum absolute atomic E-state index is 0.105. The van der Waals surface area contributed by atoms with Gasteiger partial charge in [0.25, 0.3) is 5.91 Å². The number of rotatable bonds is 6. The molecule has 0 saturated carbocycles. The van der Waals surface area contributed by atoms with Crippen LogP contribution in [-0.2, 0) is 17.9 Å². The molecular formula is C21H22ClN7O3S. The fraction of sp³-hybridized carbons (Fsp3) is 0.333.